The smallest absolute Gasteiger partial charge is 0.306 e. The molecule has 1 aliphatic heterocycles. The molecule has 2 aliphatic rings. The van der Waals surface area contributed by atoms with Gasteiger partial charge in [-0.15, -0.1) is 0 Å². The van der Waals surface area contributed by atoms with Crippen molar-refractivity contribution in [3.63, 3.8) is 0 Å². The van der Waals surface area contributed by atoms with E-state index >= 15 is 0 Å². The van der Waals surface area contributed by atoms with Crippen molar-refractivity contribution in [2.75, 3.05) is 33.2 Å². The number of likely N-dealkylation sites (tertiary alicyclic amines) is 1. The van der Waals surface area contributed by atoms with E-state index in [-0.39, 0.29) is 5.92 Å². The zero-order valence-corrected chi connectivity index (χ0v) is 12.5. The molecular formula is C15H28N2O2. The van der Waals surface area contributed by atoms with Crippen LogP contribution in [0.3, 0.4) is 0 Å². The Morgan fingerprint density at radius 2 is 2.00 bits per heavy atom. The molecule has 4 heteroatoms. The Hall–Kier alpha value is -0.610. The quantitative estimate of drug-likeness (QED) is 0.769. The molecule has 2 rings (SSSR count). The van der Waals surface area contributed by atoms with Crippen LogP contribution >= 0.6 is 0 Å². The van der Waals surface area contributed by atoms with Crippen LogP contribution in [0.25, 0.3) is 0 Å². The number of nitrogens with one attached hydrogen (secondary N) is 1. The van der Waals surface area contributed by atoms with E-state index < -0.39 is 5.97 Å². The first kappa shape index (κ1) is 14.8. The van der Waals surface area contributed by atoms with Crippen LogP contribution in [0, 0.1) is 23.2 Å². The molecule has 4 nitrogen and oxygen atoms in total. The molecule has 1 aliphatic carbocycles. The lowest BCUT2D eigenvalue weighted by Crippen LogP contribution is -2.42. The molecular weight excluding hydrogens is 240 g/mol. The molecule has 0 radical (unpaired) electrons. The van der Waals surface area contributed by atoms with Crippen molar-refractivity contribution in [2.45, 2.75) is 33.1 Å². The summed E-state index contributed by atoms with van der Waals surface area (Å²) in [4.78, 5) is 13.2. The van der Waals surface area contributed by atoms with Gasteiger partial charge in [0.2, 0.25) is 0 Å². The highest BCUT2D eigenvalue weighted by molar-refractivity contribution is 5.73. The molecule has 2 atom stereocenters. The maximum Gasteiger partial charge on any atom is 0.306 e. The number of piperidine rings is 1. The number of carbonyl (C=O) groups is 1. The molecule has 0 aromatic heterocycles. The summed E-state index contributed by atoms with van der Waals surface area (Å²) in [5.74, 6) is 0.441. The minimum Gasteiger partial charge on any atom is -0.481 e. The van der Waals surface area contributed by atoms with Crippen LogP contribution in [0.5, 0.6) is 0 Å². The zero-order chi connectivity index (χ0) is 14.0. The summed E-state index contributed by atoms with van der Waals surface area (Å²) < 4.78 is 0. The van der Waals surface area contributed by atoms with Gasteiger partial charge in [0.25, 0.3) is 0 Å². The van der Waals surface area contributed by atoms with Crippen molar-refractivity contribution >= 4 is 5.97 Å². The molecule has 0 spiro atoms. The summed E-state index contributed by atoms with van der Waals surface area (Å²) in [5, 5.41) is 12.4. The van der Waals surface area contributed by atoms with E-state index in [4.69, 9.17) is 5.11 Å². The largest absolute Gasteiger partial charge is 0.481 e. The fourth-order valence-corrected chi connectivity index (χ4v) is 3.29. The molecule has 2 fully saturated rings. The Bertz CT molecular complexity index is 322. The van der Waals surface area contributed by atoms with E-state index in [1.54, 1.807) is 0 Å². The van der Waals surface area contributed by atoms with Crippen molar-refractivity contribution in [1.29, 1.82) is 0 Å². The number of aliphatic carboxylic acids is 1. The van der Waals surface area contributed by atoms with Gasteiger partial charge in [0.15, 0.2) is 0 Å². The number of hydrogen-bond acceptors (Lipinski definition) is 3. The molecule has 2 unspecified atom stereocenters. The molecule has 0 amide bonds. The Morgan fingerprint density at radius 1 is 1.37 bits per heavy atom. The normalized spacial score (nSPS) is 29.4. The van der Waals surface area contributed by atoms with Crippen LogP contribution in [0.4, 0.5) is 0 Å². The van der Waals surface area contributed by atoms with Crippen molar-refractivity contribution in [3.8, 4) is 0 Å². The second-order valence-corrected chi connectivity index (χ2v) is 7.14. The van der Waals surface area contributed by atoms with Crippen molar-refractivity contribution < 1.29 is 9.90 Å². The average molecular weight is 268 g/mol. The summed E-state index contributed by atoms with van der Waals surface area (Å²) in [6, 6.07) is 0. The van der Waals surface area contributed by atoms with E-state index in [1.807, 2.05) is 0 Å². The second kappa shape index (κ2) is 5.80. The topological polar surface area (TPSA) is 52.6 Å². The first-order valence-electron chi connectivity index (χ1n) is 7.52. The van der Waals surface area contributed by atoms with Crippen LogP contribution in [-0.4, -0.2) is 49.2 Å². The van der Waals surface area contributed by atoms with Crippen LogP contribution < -0.4 is 5.32 Å². The minimum absolute atomic E-state index is 0.0843. The molecule has 2 N–H and O–H groups in total. The molecule has 19 heavy (non-hydrogen) atoms. The van der Waals surface area contributed by atoms with E-state index in [0.29, 0.717) is 11.3 Å². The highest BCUT2D eigenvalue weighted by atomic mass is 16.4. The molecule has 110 valence electrons. The summed E-state index contributed by atoms with van der Waals surface area (Å²) in [6.07, 6.45) is 3.43. The minimum atomic E-state index is -0.624. The van der Waals surface area contributed by atoms with Gasteiger partial charge in [-0.25, -0.2) is 0 Å². The van der Waals surface area contributed by atoms with Gasteiger partial charge >= 0.3 is 5.97 Å². The van der Waals surface area contributed by atoms with E-state index in [1.165, 1.54) is 25.9 Å². The zero-order valence-electron chi connectivity index (χ0n) is 12.5. The van der Waals surface area contributed by atoms with Gasteiger partial charge in [0.1, 0.15) is 0 Å². The van der Waals surface area contributed by atoms with Crippen LogP contribution in [0.1, 0.15) is 33.1 Å². The van der Waals surface area contributed by atoms with E-state index in [2.05, 4.69) is 31.1 Å². The van der Waals surface area contributed by atoms with E-state index in [0.717, 1.165) is 25.4 Å². The van der Waals surface area contributed by atoms with Gasteiger partial charge in [0.05, 0.1) is 5.92 Å². The monoisotopic (exact) mass is 268 g/mol. The average Bonchev–Trinajstić information content (AvgIpc) is 3.09. The van der Waals surface area contributed by atoms with Gasteiger partial charge < -0.3 is 15.3 Å². The second-order valence-electron chi connectivity index (χ2n) is 7.14. The highest BCUT2D eigenvalue weighted by Crippen LogP contribution is 2.38. The molecule has 0 bridgehead atoms. The first-order chi connectivity index (χ1) is 8.90. The predicted octanol–water partition coefficient (Wildman–Crippen LogP) is 1.66. The number of nitrogens with zero attached hydrogens (tertiary/aromatic N) is 1. The van der Waals surface area contributed by atoms with E-state index in [9.17, 15) is 4.79 Å². The third-order valence-electron chi connectivity index (χ3n) is 5.05. The fraction of sp³-hybridized carbons (Fsp3) is 0.933. The Balaban J connectivity index is 1.68. The third kappa shape index (κ3) is 3.93. The Morgan fingerprint density at radius 3 is 2.53 bits per heavy atom. The first-order valence-corrected chi connectivity index (χ1v) is 7.52. The number of carboxylic acids is 1. The lowest BCUT2D eigenvalue weighted by Gasteiger charge is -2.40. The maximum atomic E-state index is 10.8. The fourth-order valence-electron chi connectivity index (χ4n) is 3.29. The number of carboxylic acid groups (broad SMARTS) is 1. The van der Waals surface area contributed by atoms with Gasteiger partial charge in [0, 0.05) is 6.54 Å². The molecule has 1 saturated heterocycles. The predicted molar refractivity (Wildman–Crippen MR) is 76.1 cm³/mol. The van der Waals surface area contributed by atoms with Crippen LogP contribution in [0.15, 0.2) is 0 Å². The van der Waals surface area contributed by atoms with Crippen LogP contribution in [-0.2, 0) is 4.79 Å². The van der Waals surface area contributed by atoms with Gasteiger partial charge in [-0.3, -0.25) is 4.79 Å². The number of hydrogen-bond donors (Lipinski definition) is 2. The summed E-state index contributed by atoms with van der Waals surface area (Å²) >= 11 is 0. The van der Waals surface area contributed by atoms with Crippen molar-refractivity contribution in [3.05, 3.63) is 0 Å². The number of rotatable bonds is 6. The van der Waals surface area contributed by atoms with Crippen molar-refractivity contribution in [2.24, 2.45) is 23.2 Å². The molecule has 0 aromatic carbocycles. The summed E-state index contributed by atoms with van der Waals surface area (Å²) in [6.45, 7) is 8.97. The molecule has 1 saturated carbocycles. The van der Waals surface area contributed by atoms with Gasteiger partial charge in [-0.2, -0.15) is 0 Å². The lowest BCUT2D eigenvalue weighted by atomic mass is 9.73. The third-order valence-corrected chi connectivity index (χ3v) is 5.05. The maximum absolute atomic E-state index is 10.8. The summed E-state index contributed by atoms with van der Waals surface area (Å²) in [5.41, 5.74) is 0.314. The SMILES string of the molecule is CN1CCC(C(C)(C)CNCC2CC2C(=O)O)CC1. The molecule has 0 aromatic rings. The standard InChI is InChI=1S/C15H28N2O2/c1-15(2,12-4-6-17(3)7-5-12)10-16-9-11-8-13(11)14(18)19/h11-13,16H,4-10H2,1-3H3,(H,18,19). The Kier molecular flexibility index (Phi) is 4.51. The van der Waals surface area contributed by atoms with Crippen molar-refractivity contribution in [1.82, 2.24) is 10.2 Å². The summed E-state index contributed by atoms with van der Waals surface area (Å²) in [7, 11) is 2.20. The molecule has 1 heterocycles. The Labute approximate surface area is 116 Å². The van der Waals surface area contributed by atoms with Crippen LogP contribution in [0.2, 0.25) is 0 Å². The lowest BCUT2D eigenvalue weighted by molar-refractivity contribution is -0.138. The van der Waals surface area contributed by atoms with Gasteiger partial charge in [-0.05, 0) is 63.2 Å². The highest BCUT2D eigenvalue weighted by Gasteiger charge is 2.43. The van der Waals surface area contributed by atoms with Gasteiger partial charge in [-0.1, -0.05) is 13.8 Å².